The van der Waals surface area contributed by atoms with Gasteiger partial charge in [-0.05, 0) is 42.5 Å². The third kappa shape index (κ3) is 5.27. The Hall–Kier alpha value is -2.73. The second-order valence-corrected chi connectivity index (χ2v) is 12.1. The first-order valence-electron chi connectivity index (χ1n) is 11.1. The molecule has 3 heterocycles. The maximum atomic E-state index is 13.0. The zero-order valence-corrected chi connectivity index (χ0v) is 20.2. The lowest BCUT2D eigenvalue weighted by Crippen LogP contribution is -2.48. The average molecular weight is 525 g/mol. The van der Waals surface area contributed by atoms with Crippen LogP contribution in [0, 0.1) is 0 Å². The van der Waals surface area contributed by atoms with Crippen LogP contribution in [0.25, 0.3) is 0 Å². The molecular weight excluding hydrogens is 501 g/mol. The summed E-state index contributed by atoms with van der Waals surface area (Å²) < 4.78 is 62.4. The van der Waals surface area contributed by atoms with Gasteiger partial charge in [0, 0.05) is 48.4 Å². The summed E-state index contributed by atoms with van der Waals surface area (Å²) in [5.41, 5.74) is 1.09. The van der Waals surface area contributed by atoms with Crippen molar-refractivity contribution < 1.29 is 26.4 Å². The number of rotatable bonds is 3. The molecule has 2 fully saturated rings. The Bertz CT molecular complexity index is 1260. The van der Waals surface area contributed by atoms with Gasteiger partial charge in [0.1, 0.15) is 0 Å². The van der Waals surface area contributed by atoms with Crippen molar-refractivity contribution >= 4 is 44.0 Å². The molecule has 186 valence electrons. The number of carbonyl (C=O) groups excluding carboxylic acids is 1. The number of nitrogens with zero attached hydrogens (tertiary/aromatic N) is 3. The van der Waals surface area contributed by atoms with Crippen molar-refractivity contribution in [3.63, 3.8) is 0 Å². The molecule has 0 saturated carbocycles. The molecule has 0 radical (unpaired) electrons. The normalized spacial score (nSPS) is 23.7. The number of aliphatic imine (C=N–C) groups is 1. The van der Waals surface area contributed by atoms with Crippen LogP contribution in [0.4, 0.5) is 24.5 Å². The van der Waals surface area contributed by atoms with E-state index < -0.39 is 21.6 Å². The summed E-state index contributed by atoms with van der Waals surface area (Å²) in [6, 6.07) is 12.0. The fraction of sp³-hybridized carbons (Fsp3) is 0.391. The topological polar surface area (TPSA) is 82.1 Å². The highest BCUT2D eigenvalue weighted by atomic mass is 32.2. The van der Waals surface area contributed by atoms with Gasteiger partial charge in [-0.15, -0.1) is 0 Å². The van der Waals surface area contributed by atoms with Crippen LogP contribution in [-0.2, 0) is 16.0 Å². The molecule has 2 aromatic carbocycles. The van der Waals surface area contributed by atoms with E-state index in [0.29, 0.717) is 42.6 Å². The summed E-state index contributed by atoms with van der Waals surface area (Å²) in [4.78, 5) is 21.0. The summed E-state index contributed by atoms with van der Waals surface area (Å²) in [6.45, 7) is 1.71. The lowest BCUT2D eigenvalue weighted by molar-refractivity contribution is -0.137. The number of halogens is 3. The minimum Gasteiger partial charge on any atom is -0.368 e. The second-order valence-electron chi connectivity index (χ2n) is 8.76. The van der Waals surface area contributed by atoms with E-state index in [2.05, 4.69) is 10.3 Å². The summed E-state index contributed by atoms with van der Waals surface area (Å²) in [5.74, 6) is 0.100. The molecule has 3 aliphatic rings. The molecule has 0 aliphatic carbocycles. The lowest BCUT2D eigenvalue weighted by Gasteiger charge is -2.36. The molecule has 0 unspecified atom stereocenters. The Morgan fingerprint density at radius 2 is 1.74 bits per heavy atom. The van der Waals surface area contributed by atoms with Gasteiger partial charge in [0.25, 0.3) is 5.91 Å². The van der Waals surface area contributed by atoms with Crippen molar-refractivity contribution in [1.29, 1.82) is 0 Å². The number of thioether (sulfide) groups is 1. The highest BCUT2D eigenvalue weighted by Gasteiger charge is 2.42. The molecule has 2 saturated heterocycles. The molecule has 3 aliphatic heterocycles. The molecule has 2 aromatic rings. The minimum atomic E-state index is -4.39. The number of amides is 1. The number of hydrogen-bond acceptors (Lipinski definition) is 7. The summed E-state index contributed by atoms with van der Waals surface area (Å²) in [7, 11) is -3.00. The van der Waals surface area contributed by atoms with Gasteiger partial charge in [0.05, 0.1) is 23.1 Å². The van der Waals surface area contributed by atoms with E-state index in [1.54, 1.807) is 35.2 Å². The largest absolute Gasteiger partial charge is 0.416 e. The predicted molar refractivity (Wildman–Crippen MR) is 131 cm³/mol. The maximum absolute atomic E-state index is 13.0. The van der Waals surface area contributed by atoms with Crippen LogP contribution in [0.5, 0.6) is 0 Å². The molecule has 1 amide bonds. The van der Waals surface area contributed by atoms with Crippen LogP contribution < -0.4 is 10.2 Å². The monoisotopic (exact) mass is 524 g/mol. The summed E-state index contributed by atoms with van der Waals surface area (Å²) >= 11 is 1.43. The van der Waals surface area contributed by atoms with Crippen molar-refractivity contribution in [2.75, 3.05) is 47.9 Å². The maximum Gasteiger partial charge on any atom is 0.416 e. The molecule has 2 atom stereocenters. The highest BCUT2D eigenvalue weighted by molar-refractivity contribution is 8.15. The molecule has 5 rings (SSSR count). The first-order chi connectivity index (χ1) is 16.6. The highest BCUT2D eigenvalue weighted by Crippen LogP contribution is 2.35. The van der Waals surface area contributed by atoms with Gasteiger partial charge < -0.3 is 15.1 Å². The lowest BCUT2D eigenvalue weighted by atomic mass is 10.1. The van der Waals surface area contributed by atoms with Crippen molar-refractivity contribution in [2.45, 2.75) is 17.5 Å². The van der Waals surface area contributed by atoms with E-state index in [4.69, 9.17) is 0 Å². The number of amidine groups is 1. The van der Waals surface area contributed by atoms with Crippen molar-refractivity contribution in [2.24, 2.45) is 4.99 Å². The zero-order valence-electron chi connectivity index (χ0n) is 18.5. The van der Waals surface area contributed by atoms with Gasteiger partial charge in [-0.1, -0.05) is 17.8 Å². The number of piperazine rings is 1. The van der Waals surface area contributed by atoms with E-state index >= 15 is 0 Å². The third-order valence-corrected chi connectivity index (χ3v) is 9.45. The SMILES string of the molecule is O=C(c1ccc(NC2=N[C@H]3CS(=O)(=O)C[C@H]3S2)cc1)N1CCN(c2cccc(C(F)(F)F)c2)CC1. The van der Waals surface area contributed by atoms with Crippen LogP contribution >= 0.6 is 11.8 Å². The fourth-order valence-electron chi connectivity index (χ4n) is 4.46. The number of nitrogens with one attached hydrogen (secondary N) is 1. The molecule has 0 aromatic heterocycles. The number of benzene rings is 2. The van der Waals surface area contributed by atoms with Crippen molar-refractivity contribution in [3.05, 3.63) is 59.7 Å². The third-order valence-electron chi connectivity index (χ3n) is 6.31. The first kappa shape index (κ1) is 24.0. The quantitative estimate of drug-likeness (QED) is 0.664. The Balaban J connectivity index is 1.16. The number of alkyl halides is 3. The van der Waals surface area contributed by atoms with Crippen LogP contribution in [0.1, 0.15) is 15.9 Å². The standard InChI is InChI=1S/C23H23F3N4O3S2/c24-23(25,26)16-2-1-3-18(12-16)29-8-10-30(11-9-29)21(31)15-4-6-17(7-5-15)27-22-28-19-13-35(32,33)14-20(19)34-22/h1-7,12,19-20H,8-11,13-14H2,(H,27,28)/t19-,20+/m0/s1. The van der Waals surface area contributed by atoms with Gasteiger partial charge in [0.2, 0.25) is 0 Å². The first-order valence-corrected chi connectivity index (χ1v) is 13.8. The number of hydrogen-bond donors (Lipinski definition) is 1. The van der Waals surface area contributed by atoms with Crippen LogP contribution in [0.15, 0.2) is 53.5 Å². The second kappa shape index (κ2) is 9.05. The van der Waals surface area contributed by atoms with E-state index in [1.807, 2.05) is 4.90 Å². The van der Waals surface area contributed by atoms with Gasteiger partial charge >= 0.3 is 6.18 Å². The molecule has 1 N–H and O–H groups in total. The van der Waals surface area contributed by atoms with Crippen molar-refractivity contribution in [1.82, 2.24) is 4.90 Å². The molecular formula is C23H23F3N4O3S2. The molecule has 12 heteroatoms. The number of fused-ring (bicyclic) bond motifs is 1. The number of carbonyl (C=O) groups is 1. The predicted octanol–water partition coefficient (Wildman–Crippen LogP) is 3.35. The molecule has 7 nitrogen and oxygen atoms in total. The van der Waals surface area contributed by atoms with E-state index in [1.165, 1.54) is 17.8 Å². The minimum absolute atomic E-state index is 0.0436. The Morgan fingerprint density at radius 1 is 1.03 bits per heavy atom. The fourth-order valence-corrected chi connectivity index (χ4v) is 8.14. The van der Waals surface area contributed by atoms with Crippen LogP contribution in [0.2, 0.25) is 0 Å². The average Bonchev–Trinajstić information content (AvgIpc) is 3.31. The van der Waals surface area contributed by atoms with E-state index in [9.17, 15) is 26.4 Å². The Morgan fingerprint density at radius 3 is 2.40 bits per heavy atom. The smallest absolute Gasteiger partial charge is 0.368 e. The van der Waals surface area contributed by atoms with Gasteiger partial charge in [-0.3, -0.25) is 9.79 Å². The molecule has 0 spiro atoms. The van der Waals surface area contributed by atoms with E-state index in [0.717, 1.165) is 17.8 Å². The van der Waals surface area contributed by atoms with Crippen LogP contribution in [0.3, 0.4) is 0 Å². The summed E-state index contributed by atoms with van der Waals surface area (Å²) in [5, 5.41) is 3.82. The van der Waals surface area contributed by atoms with Crippen LogP contribution in [-0.4, -0.2) is 73.4 Å². The zero-order chi connectivity index (χ0) is 24.8. The number of sulfone groups is 1. The van der Waals surface area contributed by atoms with Crippen molar-refractivity contribution in [3.8, 4) is 0 Å². The molecule has 35 heavy (non-hydrogen) atoms. The van der Waals surface area contributed by atoms with Gasteiger partial charge in [0.15, 0.2) is 15.0 Å². The summed E-state index contributed by atoms with van der Waals surface area (Å²) in [6.07, 6.45) is -4.39. The molecule has 0 bridgehead atoms. The van der Waals surface area contributed by atoms with E-state index in [-0.39, 0.29) is 28.7 Å². The van der Waals surface area contributed by atoms with Gasteiger partial charge in [-0.25, -0.2) is 8.42 Å². The van der Waals surface area contributed by atoms with Gasteiger partial charge in [-0.2, -0.15) is 13.2 Å². The Labute approximate surface area is 205 Å². The Kier molecular flexibility index (Phi) is 6.20. The number of anilines is 2.